The highest BCUT2D eigenvalue weighted by atomic mass is 35.5. The van der Waals surface area contributed by atoms with Crippen molar-refractivity contribution in [3.8, 4) is 0 Å². The predicted molar refractivity (Wildman–Crippen MR) is 69.3 cm³/mol. The average Bonchev–Trinajstić information content (AvgIpc) is 2.16. The number of hydrogen-bond donors (Lipinski definition) is 0. The normalized spacial score (nSPS) is 16.7. The van der Waals surface area contributed by atoms with Crippen molar-refractivity contribution in [2.75, 3.05) is 30.7 Å². The Bertz CT molecular complexity index is 269. The van der Waals surface area contributed by atoms with Crippen molar-refractivity contribution in [2.45, 2.75) is 19.9 Å². The van der Waals surface area contributed by atoms with E-state index in [1.54, 1.807) is 18.8 Å². The fourth-order valence-corrected chi connectivity index (χ4v) is 3.88. The fraction of sp³-hybridized carbons (Fsp3) is 1.00. The number of rotatable bonds is 7. The lowest BCUT2D eigenvalue weighted by molar-refractivity contribution is 0.411. The van der Waals surface area contributed by atoms with E-state index in [9.17, 15) is 8.42 Å². The summed E-state index contributed by atoms with van der Waals surface area (Å²) in [4.78, 5) is 0. The second-order valence-electron chi connectivity index (χ2n) is 3.86. The summed E-state index contributed by atoms with van der Waals surface area (Å²) in [7, 11) is -1.52. The van der Waals surface area contributed by atoms with E-state index in [-0.39, 0.29) is 17.7 Å². The summed E-state index contributed by atoms with van der Waals surface area (Å²) in [6, 6.07) is 0.0347. The molecule has 15 heavy (non-hydrogen) atoms. The van der Waals surface area contributed by atoms with Crippen LogP contribution in [0.1, 0.15) is 13.8 Å². The predicted octanol–water partition coefficient (Wildman–Crippen LogP) is 1.87. The van der Waals surface area contributed by atoms with E-state index >= 15 is 0 Å². The maximum Gasteiger partial charge on any atom is 0.214 e. The van der Waals surface area contributed by atoms with Crippen molar-refractivity contribution in [1.82, 2.24) is 4.31 Å². The second kappa shape index (κ2) is 6.99. The number of sulfonamides is 1. The van der Waals surface area contributed by atoms with Crippen LogP contribution in [0.2, 0.25) is 0 Å². The van der Waals surface area contributed by atoms with Crippen LogP contribution < -0.4 is 0 Å². The maximum absolute atomic E-state index is 11.9. The number of thioether (sulfide) groups is 1. The van der Waals surface area contributed by atoms with E-state index in [2.05, 4.69) is 0 Å². The van der Waals surface area contributed by atoms with Crippen molar-refractivity contribution in [1.29, 1.82) is 0 Å². The van der Waals surface area contributed by atoms with Crippen LogP contribution in [0.25, 0.3) is 0 Å². The minimum Gasteiger partial charge on any atom is -0.212 e. The summed E-state index contributed by atoms with van der Waals surface area (Å²) in [5.74, 6) is 1.32. The maximum atomic E-state index is 11.9. The highest BCUT2D eigenvalue weighted by Crippen LogP contribution is 2.12. The molecular formula is C9H20ClNO2S2. The second-order valence-corrected chi connectivity index (χ2v) is 7.15. The molecule has 0 aromatic rings. The summed E-state index contributed by atoms with van der Waals surface area (Å²) in [6.45, 7) is 3.76. The number of halogens is 1. The van der Waals surface area contributed by atoms with Gasteiger partial charge in [-0.1, -0.05) is 6.92 Å². The molecule has 0 aliphatic carbocycles. The molecule has 0 aliphatic heterocycles. The van der Waals surface area contributed by atoms with Gasteiger partial charge in [-0.3, -0.25) is 0 Å². The Labute approximate surface area is 103 Å². The lowest BCUT2D eigenvalue weighted by Crippen LogP contribution is -2.39. The van der Waals surface area contributed by atoms with Gasteiger partial charge < -0.3 is 0 Å². The van der Waals surface area contributed by atoms with Gasteiger partial charge in [0.15, 0.2) is 0 Å². The van der Waals surface area contributed by atoms with E-state index in [0.717, 1.165) is 5.75 Å². The zero-order chi connectivity index (χ0) is 12.1. The molecule has 0 fully saturated rings. The summed E-state index contributed by atoms with van der Waals surface area (Å²) in [5.41, 5.74) is 0. The Balaban J connectivity index is 4.44. The van der Waals surface area contributed by atoms with Gasteiger partial charge in [-0.15, -0.1) is 11.6 Å². The smallest absolute Gasteiger partial charge is 0.212 e. The molecule has 0 amide bonds. The highest BCUT2D eigenvalue weighted by Gasteiger charge is 2.24. The van der Waals surface area contributed by atoms with E-state index in [4.69, 9.17) is 11.6 Å². The first kappa shape index (κ1) is 15.6. The van der Waals surface area contributed by atoms with Gasteiger partial charge in [-0.05, 0) is 19.1 Å². The minimum absolute atomic E-state index is 0.000552. The Morgan fingerprint density at radius 1 is 1.40 bits per heavy atom. The monoisotopic (exact) mass is 273 g/mol. The lowest BCUT2D eigenvalue weighted by atomic mass is 10.3. The molecule has 0 spiro atoms. The van der Waals surface area contributed by atoms with Crippen molar-refractivity contribution >= 4 is 33.4 Å². The fourth-order valence-electron chi connectivity index (χ4n) is 1.14. The Morgan fingerprint density at radius 2 is 1.93 bits per heavy atom. The zero-order valence-corrected chi connectivity index (χ0v) is 12.1. The third-order valence-corrected chi connectivity index (χ3v) is 5.80. The summed E-state index contributed by atoms with van der Waals surface area (Å²) in [5, 5.41) is 0. The zero-order valence-electron chi connectivity index (χ0n) is 9.73. The van der Waals surface area contributed by atoms with Gasteiger partial charge in [0, 0.05) is 24.7 Å². The first-order valence-corrected chi connectivity index (χ1v) is 8.39. The van der Waals surface area contributed by atoms with Crippen LogP contribution in [0.15, 0.2) is 0 Å². The molecule has 0 saturated heterocycles. The Hall–Kier alpha value is 0.550. The molecule has 2 atom stereocenters. The molecule has 2 unspecified atom stereocenters. The number of alkyl halides is 1. The molecule has 0 rings (SSSR count). The molecule has 0 aromatic carbocycles. The van der Waals surface area contributed by atoms with Gasteiger partial charge in [0.25, 0.3) is 0 Å². The molecule has 0 aromatic heterocycles. The summed E-state index contributed by atoms with van der Waals surface area (Å²) < 4.78 is 25.2. The standard InChI is InChI=1S/C9H20ClNO2S2/c1-8(5-10)7-15(12,13)11(3)9(2)6-14-4/h8-9H,5-7H2,1-4H3. The van der Waals surface area contributed by atoms with E-state index in [1.807, 2.05) is 20.1 Å². The van der Waals surface area contributed by atoms with Crippen LogP contribution in [-0.2, 0) is 10.0 Å². The largest absolute Gasteiger partial charge is 0.214 e. The van der Waals surface area contributed by atoms with Gasteiger partial charge in [-0.25, -0.2) is 12.7 Å². The first-order valence-electron chi connectivity index (χ1n) is 4.85. The Kier molecular flexibility index (Phi) is 7.25. The van der Waals surface area contributed by atoms with Crippen LogP contribution >= 0.6 is 23.4 Å². The average molecular weight is 274 g/mol. The number of nitrogens with zero attached hydrogens (tertiary/aromatic N) is 1. The third kappa shape index (κ3) is 5.43. The van der Waals surface area contributed by atoms with Gasteiger partial charge >= 0.3 is 0 Å². The van der Waals surface area contributed by atoms with Gasteiger partial charge in [0.05, 0.1) is 5.75 Å². The van der Waals surface area contributed by atoms with Crippen LogP contribution in [0.4, 0.5) is 0 Å². The molecule has 6 heteroatoms. The topological polar surface area (TPSA) is 37.4 Å². The molecule has 3 nitrogen and oxygen atoms in total. The summed E-state index contributed by atoms with van der Waals surface area (Å²) >= 11 is 7.26. The van der Waals surface area contributed by atoms with Crippen LogP contribution in [0.3, 0.4) is 0 Å². The van der Waals surface area contributed by atoms with E-state index < -0.39 is 10.0 Å². The van der Waals surface area contributed by atoms with Crippen molar-refractivity contribution in [3.63, 3.8) is 0 Å². The van der Waals surface area contributed by atoms with Gasteiger partial charge in [-0.2, -0.15) is 11.8 Å². The molecule has 0 heterocycles. The Morgan fingerprint density at radius 3 is 2.33 bits per heavy atom. The molecular weight excluding hydrogens is 254 g/mol. The SMILES string of the molecule is CSCC(C)N(C)S(=O)(=O)CC(C)CCl. The van der Waals surface area contributed by atoms with Crippen molar-refractivity contribution < 1.29 is 8.42 Å². The minimum atomic E-state index is -3.16. The quantitative estimate of drug-likeness (QED) is 0.665. The summed E-state index contributed by atoms with van der Waals surface area (Å²) in [6.07, 6.45) is 1.97. The van der Waals surface area contributed by atoms with Crippen molar-refractivity contribution in [2.24, 2.45) is 5.92 Å². The third-order valence-electron chi connectivity index (χ3n) is 2.23. The van der Waals surface area contributed by atoms with Crippen LogP contribution in [-0.4, -0.2) is 49.5 Å². The van der Waals surface area contributed by atoms with Gasteiger partial charge in [0.2, 0.25) is 10.0 Å². The molecule has 0 aliphatic rings. The van der Waals surface area contributed by atoms with Crippen LogP contribution in [0, 0.1) is 5.92 Å². The van der Waals surface area contributed by atoms with E-state index in [0.29, 0.717) is 5.88 Å². The highest BCUT2D eigenvalue weighted by molar-refractivity contribution is 7.98. The molecule has 0 N–H and O–H groups in total. The van der Waals surface area contributed by atoms with Gasteiger partial charge in [0.1, 0.15) is 0 Å². The van der Waals surface area contributed by atoms with Crippen molar-refractivity contribution in [3.05, 3.63) is 0 Å². The molecule has 0 saturated carbocycles. The molecule has 0 bridgehead atoms. The first-order chi connectivity index (χ1) is 6.85. The number of hydrogen-bond acceptors (Lipinski definition) is 3. The van der Waals surface area contributed by atoms with Crippen LogP contribution in [0.5, 0.6) is 0 Å². The molecule has 92 valence electrons. The molecule has 0 radical (unpaired) electrons. The van der Waals surface area contributed by atoms with E-state index in [1.165, 1.54) is 4.31 Å². The lowest BCUT2D eigenvalue weighted by Gasteiger charge is -2.24.